The lowest BCUT2D eigenvalue weighted by molar-refractivity contribution is 0.660. The summed E-state index contributed by atoms with van der Waals surface area (Å²) in [6.07, 6.45) is 0. The first-order valence-electron chi connectivity index (χ1n) is 14.2. The number of hydrogen-bond donors (Lipinski definition) is 0. The number of rotatable bonds is 5. The van der Waals surface area contributed by atoms with Gasteiger partial charge in [-0.25, -0.2) is 0 Å². The lowest BCUT2D eigenvalue weighted by atomic mass is 9.81. The van der Waals surface area contributed by atoms with Gasteiger partial charge in [0, 0.05) is 9.89 Å². The molecule has 198 valence electrons. The molecule has 1 aliphatic rings. The molecule has 6 aromatic rings. The molecule has 0 fully saturated rings. The Balaban J connectivity index is 1.37. The minimum Gasteiger partial charge on any atom is -0.0623 e. The third kappa shape index (κ3) is 4.17. The van der Waals surface area contributed by atoms with Crippen LogP contribution in [-0.2, 0) is 5.41 Å². The zero-order valence-electron chi connectivity index (χ0n) is 23.3. The van der Waals surface area contributed by atoms with Gasteiger partial charge in [-0.05, 0) is 72.3 Å². The molecule has 0 N–H and O–H groups in total. The van der Waals surface area contributed by atoms with Gasteiger partial charge in [0.2, 0.25) is 0 Å². The van der Waals surface area contributed by atoms with Crippen molar-refractivity contribution in [3.05, 3.63) is 167 Å². The van der Waals surface area contributed by atoms with E-state index in [0.29, 0.717) is 0 Å². The van der Waals surface area contributed by atoms with Crippen LogP contribution in [0, 0.1) is 0 Å². The van der Waals surface area contributed by atoms with Gasteiger partial charge in [-0.1, -0.05) is 163 Å². The van der Waals surface area contributed by atoms with Crippen molar-refractivity contribution < 1.29 is 0 Å². The maximum absolute atomic E-state index is 3.69. The largest absolute Gasteiger partial charge is 0.179 e. The van der Waals surface area contributed by atoms with Crippen LogP contribution in [0.1, 0.15) is 25.0 Å². The van der Waals surface area contributed by atoms with Crippen LogP contribution < -0.4 is 20.7 Å². The van der Waals surface area contributed by atoms with E-state index in [-0.39, 0.29) is 5.41 Å². The smallest absolute Gasteiger partial charge is 0.0623 e. The molecule has 0 aromatic heterocycles. The van der Waals surface area contributed by atoms with E-state index < -0.39 is 8.07 Å². The van der Waals surface area contributed by atoms with E-state index in [1.54, 1.807) is 0 Å². The Morgan fingerprint density at radius 3 is 1.37 bits per heavy atom. The van der Waals surface area contributed by atoms with Crippen molar-refractivity contribution in [1.29, 1.82) is 0 Å². The van der Waals surface area contributed by atoms with Crippen LogP contribution in [0.4, 0.5) is 0 Å². The standard InChI is InChI=1S/C39H31BrSi/c1-39(2)37-26-29(20-24-35(37)36-25-21-30(40)27-38(36)39)28-18-22-34(23-19-28)41(31-12-6-3-7-13-31,32-14-8-4-9-15-32)33-16-10-5-11-17-33/h3-27H,1-2H3. The van der Waals surface area contributed by atoms with Gasteiger partial charge in [0.25, 0.3) is 0 Å². The van der Waals surface area contributed by atoms with E-state index in [1.807, 2.05) is 0 Å². The minimum atomic E-state index is -2.52. The quantitative estimate of drug-likeness (QED) is 0.139. The van der Waals surface area contributed by atoms with Crippen molar-refractivity contribution in [3.63, 3.8) is 0 Å². The summed E-state index contributed by atoms with van der Waals surface area (Å²) >= 11 is 3.69. The highest BCUT2D eigenvalue weighted by atomic mass is 79.9. The maximum Gasteiger partial charge on any atom is 0.179 e. The second-order valence-corrected chi connectivity index (χ2v) is 16.2. The highest BCUT2D eigenvalue weighted by Crippen LogP contribution is 2.50. The van der Waals surface area contributed by atoms with Crippen LogP contribution in [0.2, 0.25) is 0 Å². The van der Waals surface area contributed by atoms with E-state index in [9.17, 15) is 0 Å². The van der Waals surface area contributed by atoms with Crippen molar-refractivity contribution in [1.82, 2.24) is 0 Å². The lowest BCUT2D eigenvalue weighted by Crippen LogP contribution is -2.74. The Hall–Kier alpha value is -3.98. The van der Waals surface area contributed by atoms with Crippen LogP contribution in [0.3, 0.4) is 0 Å². The third-order valence-corrected chi connectivity index (χ3v) is 14.2. The minimum absolute atomic E-state index is 0.0413. The zero-order chi connectivity index (χ0) is 28.0. The molecule has 0 atom stereocenters. The molecule has 1 aliphatic carbocycles. The van der Waals surface area contributed by atoms with Crippen molar-refractivity contribution in [2.24, 2.45) is 0 Å². The van der Waals surface area contributed by atoms with E-state index in [2.05, 4.69) is 181 Å². The molecule has 0 radical (unpaired) electrons. The van der Waals surface area contributed by atoms with Gasteiger partial charge in [-0.15, -0.1) is 0 Å². The summed E-state index contributed by atoms with van der Waals surface area (Å²) in [6.45, 7) is 4.69. The molecule has 0 aliphatic heterocycles. The molecule has 0 heterocycles. The molecule has 0 amide bonds. The van der Waals surface area contributed by atoms with E-state index in [4.69, 9.17) is 0 Å². The van der Waals surface area contributed by atoms with E-state index in [0.717, 1.165) is 4.47 Å². The Bertz CT molecular complexity index is 1740. The van der Waals surface area contributed by atoms with Crippen molar-refractivity contribution in [3.8, 4) is 22.3 Å². The highest BCUT2D eigenvalue weighted by molar-refractivity contribution is 9.10. The Kier molecular flexibility index (Phi) is 6.41. The molecule has 0 nitrogen and oxygen atoms in total. The van der Waals surface area contributed by atoms with Crippen LogP contribution in [-0.4, -0.2) is 8.07 Å². The summed E-state index contributed by atoms with van der Waals surface area (Å²) in [4.78, 5) is 0. The summed E-state index contributed by atoms with van der Waals surface area (Å²) in [5.74, 6) is 0. The predicted octanol–water partition coefficient (Wildman–Crippen LogP) is 7.80. The molecule has 0 saturated heterocycles. The molecule has 6 aromatic carbocycles. The summed E-state index contributed by atoms with van der Waals surface area (Å²) < 4.78 is 1.14. The van der Waals surface area contributed by atoms with Gasteiger partial charge in [-0.2, -0.15) is 0 Å². The normalized spacial score (nSPS) is 13.4. The van der Waals surface area contributed by atoms with Gasteiger partial charge in [0.1, 0.15) is 0 Å². The summed E-state index contributed by atoms with van der Waals surface area (Å²) in [6, 6.07) is 56.5. The highest BCUT2D eigenvalue weighted by Gasteiger charge is 2.41. The fraction of sp³-hybridized carbons (Fsp3) is 0.0769. The molecular weight excluding hydrogens is 576 g/mol. The molecule has 0 unspecified atom stereocenters. The summed E-state index contributed by atoms with van der Waals surface area (Å²) in [5.41, 5.74) is 7.96. The van der Waals surface area contributed by atoms with Gasteiger partial charge in [-0.3, -0.25) is 0 Å². The fourth-order valence-electron chi connectivity index (χ4n) is 6.87. The third-order valence-electron chi connectivity index (χ3n) is 8.91. The molecule has 0 spiro atoms. The van der Waals surface area contributed by atoms with Crippen molar-refractivity contribution in [2.45, 2.75) is 19.3 Å². The zero-order valence-corrected chi connectivity index (χ0v) is 25.9. The number of halogens is 1. The van der Waals surface area contributed by atoms with E-state index in [1.165, 1.54) is 54.1 Å². The van der Waals surface area contributed by atoms with Crippen LogP contribution in [0.15, 0.2) is 156 Å². The van der Waals surface area contributed by atoms with Gasteiger partial charge in [0.05, 0.1) is 0 Å². The van der Waals surface area contributed by atoms with Gasteiger partial charge in [0.15, 0.2) is 8.07 Å². The fourth-order valence-corrected chi connectivity index (χ4v) is 12.0. The molecule has 41 heavy (non-hydrogen) atoms. The van der Waals surface area contributed by atoms with Crippen molar-refractivity contribution in [2.75, 3.05) is 0 Å². The summed E-state index contributed by atoms with van der Waals surface area (Å²) in [5, 5.41) is 5.58. The summed E-state index contributed by atoms with van der Waals surface area (Å²) in [7, 11) is -2.52. The first kappa shape index (κ1) is 25.9. The Labute approximate surface area is 252 Å². The average molecular weight is 608 g/mol. The number of hydrogen-bond acceptors (Lipinski definition) is 0. The molecule has 0 saturated carbocycles. The predicted molar refractivity (Wildman–Crippen MR) is 181 cm³/mol. The Morgan fingerprint density at radius 1 is 0.439 bits per heavy atom. The second kappa shape index (κ2) is 10.1. The monoisotopic (exact) mass is 606 g/mol. The maximum atomic E-state index is 3.69. The van der Waals surface area contributed by atoms with Crippen molar-refractivity contribution >= 4 is 44.8 Å². The lowest BCUT2D eigenvalue weighted by Gasteiger charge is -2.34. The first-order valence-corrected chi connectivity index (χ1v) is 17.0. The van der Waals surface area contributed by atoms with Gasteiger partial charge >= 0.3 is 0 Å². The molecule has 2 heteroatoms. The van der Waals surface area contributed by atoms with E-state index >= 15 is 0 Å². The first-order chi connectivity index (χ1) is 20.0. The number of benzene rings is 6. The molecular formula is C39H31BrSi. The van der Waals surface area contributed by atoms with Crippen LogP contribution in [0.5, 0.6) is 0 Å². The second-order valence-electron chi connectivity index (χ2n) is 11.5. The topological polar surface area (TPSA) is 0 Å². The number of fused-ring (bicyclic) bond motifs is 3. The van der Waals surface area contributed by atoms with Gasteiger partial charge < -0.3 is 0 Å². The Morgan fingerprint density at radius 2 is 0.854 bits per heavy atom. The molecule has 0 bridgehead atoms. The van der Waals surface area contributed by atoms with Crippen LogP contribution in [0.25, 0.3) is 22.3 Å². The average Bonchev–Trinajstić information content (AvgIpc) is 3.25. The van der Waals surface area contributed by atoms with Crippen LogP contribution >= 0.6 is 15.9 Å². The molecule has 7 rings (SSSR count). The SMILES string of the molecule is CC1(C)c2cc(Br)ccc2-c2ccc(-c3ccc([Si](c4ccccc4)(c4ccccc4)c4ccccc4)cc3)cc21.